The minimum Gasteiger partial charge on any atom is -0.456 e. The lowest BCUT2D eigenvalue weighted by molar-refractivity contribution is 0.668. The van der Waals surface area contributed by atoms with Crippen molar-refractivity contribution < 1.29 is 8.83 Å². The van der Waals surface area contributed by atoms with E-state index in [4.69, 9.17) is 8.83 Å². The van der Waals surface area contributed by atoms with E-state index in [1.54, 1.807) is 0 Å². The molecule has 0 bridgehead atoms. The zero-order valence-electron chi connectivity index (χ0n) is 36.0. The van der Waals surface area contributed by atoms with Crippen molar-refractivity contribution >= 4 is 89.1 Å². The summed E-state index contributed by atoms with van der Waals surface area (Å²) in [5.41, 5.74) is 16.7. The molecule has 0 atom stereocenters. The van der Waals surface area contributed by atoms with Crippen LogP contribution in [0.5, 0.6) is 0 Å². The fraction of sp³-hybridized carbons (Fsp3) is 0. The SMILES string of the molecule is c1ccc(/C(=C(/c2ccccc2)c2ccc(N(c3ccccc3)c3ccc4oc5ccccc5c4c3)cc2)c2ccc(N(c3ccccc3)c3ccc4oc5ccccc5c4c3)cc2)cc1. The first-order chi connectivity index (χ1) is 32.7. The molecule has 2 heterocycles. The Morgan fingerprint density at radius 2 is 0.515 bits per heavy atom. The van der Waals surface area contributed by atoms with E-state index in [-0.39, 0.29) is 0 Å². The molecule has 12 aromatic rings. The largest absolute Gasteiger partial charge is 0.456 e. The van der Waals surface area contributed by atoms with Gasteiger partial charge < -0.3 is 18.6 Å². The van der Waals surface area contributed by atoms with Gasteiger partial charge in [-0.2, -0.15) is 0 Å². The van der Waals surface area contributed by atoms with Crippen LogP contribution >= 0.6 is 0 Å². The Morgan fingerprint density at radius 1 is 0.227 bits per heavy atom. The van der Waals surface area contributed by atoms with E-state index in [9.17, 15) is 0 Å². The second-order valence-electron chi connectivity index (χ2n) is 16.5. The van der Waals surface area contributed by atoms with Gasteiger partial charge in [0.2, 0.25) is 0 Å². The minimum absolute atomic E-state index is 0.875. The highest BCUT2D eigenvalue weighted by molar-refractivity contribution is 6.08. The molecule has 0 unspecified atom stereocenters. The van der Waals surface area contributed by atoms with E-state index >= 15 is 0 Å². The third-order valence-electron chi connectivity index (χ3n) is 12.5. The number of hydrogen-bond donors (Lipinski definition) is 0. The number of furan rings is 2. The number of rotatable bonds is 10. The van der Waals surface area contributed by atoms with Crippen LogP contribution in [-0.4, -0.2) is 0 Å². The molecule has 0 spiro atoms. The molecular formula is C62H42N2O2. The molecule has 0 aliphatic heterocycles. The van der Waals surface area contributed by atoms with E-state index in [0.717, 1.165) is 111 Å². The maximum Gasteiger partial charge on any atom is 0.135 e. The van der Waals surface area contributed by atoms with Crippen LogP contribution in [0.3, 0.4) is 0 Å². The van der Waals surface area contributed by atoms with Gasteiger partial charge in [-0.3, -0.25) is 0 Å². The molecular weight excluding hydrogens is 805 g/mol. The first kappa shape index (κ1) is 38.8. The van der Waals surface area contributed by atoms with Crippen LogP contribution in [0.25, 0.3) is 55.0 Å². The van der Waals surface area contributed by atoms with Gasteiger partial charge >= 0.3 is 0 Å². The van der Waals surface area contributed by atoms with Gasteiger partial charge in [0.15, 0.2) is 0 Å². The second-order valence-corrected chi connectivity index (χ2v) is 16.5. The third-order valence-corrected chi connectivity index (χ3v) is 12.5. The summed E-state index contributed by atoms with van der Waals surface area (Å²) in [7, 11) is 0. The van der Waals surface area contributed by atoms with Crippen molar-refractivity contribution in [1.29, 1.82) is 0 Å². The summed E-state index contributed by atoms with van der Waals surface area (Å²) in [6.45, 7) is 0. The van der Waals surface area contributed by atoms with E-state index in [1.807, 2.05) is 24.3 Å². The zero-order valence-corrected chi connectivity index (χ0v) is 36.0. The maximum atomic E-state index is 6.23. The molecule has 0 amide bonds. The molecule has 0 N–H and O–H groups in total. The maximum absolute atomic E-state index is 6.23. The quantitative estimate of drug-likeness (QED) is 0.128. The van der Waals surface area contributed by atoms with Crippen LogP contribution in [-0.2, 0) is 0 Å². The molecule has 312 valence electrons. The number of benzene rings is 10. The number of nitrogens with zero attached hydrogens (tertiary/aromatic N) is 2. The zero-order chi connectivity index (χ0) is 43.8. The van der Waals surface area contributed by atoms with Gasteiger partial charge in [-0.15, -0.1) is 0 Å². The summed E-state index contributed by atoms with van der Waals surface area (Å²) in [4.78, 5) is 4.64. The van der Waals surface area contributed by atoms with Gasteiger partial charge in [0.05, 0.1) is 0 Å². The summed E-state index contributed by atoms with van der Waals surface area (Å²) in [6, 6.07) is 90.2. The van der Waals surface area contributed by atoms with Gasteiger partial charge in [-0.25, -0.2) is 0 Å². The molecule has 10 aromatic carbocycles. The van der Waals surface area contributed by atoms with Crippen molar-refractivity contribution in [2.75, 3.05) is 9.80 Å². The highest BCUT2D eigenvalue weighted by atomic mass is 16.3. The molecule has 0 aliphatic rings. The van der Waals surface area contributed by atoms with Gasteiger partial charge in [0.1, 0.15) is 22.3 Å². The summed E-state index contributed by atoms with van der Waals surface area (Å²) in [5, 5.41) is 4.39. The third kappa shape index (κ3) is 7.08. The van der Waals surface area contributed by atoms with Gasteiger partial charge in [-0.05, 0) is 130 Å². The number of hydrogen-bond acceptors (Lipinski definition) is 4. The summed E-state index contributed by atoms with van der Waals surface area (Å²) >= 11 is 0. The van der Waals surface area contributed by atoms with E-state index in [0.29, 0.717) is 0 Å². The number of para-hydroxylation sites is 4. The predicted octanol–water partition coefficient (Wildman–Crippen LogP) is 17.4. The standard InChI is InChI=1S/C62H42N2O2/c1-5-17-43(18-6-1)61(45-29-33-49(34-30-45)63(47-21-9-3-10-22-47)51-37-39-59-55(41-51)53-25-13-15-27-57(53)65-59)62(44-19-7-2-8-20-44)46-31-35-50(36-32-46)64(48-23-11-4-12-24-48)52-38-40-60-56(42-52)54-26-14-16-28-58(54)66-60/h1-42H/b62-61+. The number of anilines is 6. The average Bonchev–Trinajstić information content (AvgIpc) is 3.95. The summed E-state index contributed by atoms with van der Waals surface area (Å²) in [5.74, 6) is 0. The van der Waals surface area contributed by atoms with Crippen molar-refractivity contribution in [1.82, 2.24) is 0 Å². The number of fused-ring (bicyclic) bond motifs is 6. The molecule has 12 rings (SSSR count). The van der Waals surface area contributed by atoms with E-state index < -0.39 is 0 Å². The molecule has 66 heavy (non-hydrogen) atoms. The first-order valence-electron chi connectivity index (χ1n) is 22.3. The van der Waals surface area contributed by atoms with Gasteiger partial charge in [0.25, 0.3) is 0 Å². The van der Waals surface area contributed by atoms with Crippen LogP contribution in [0.4, 0.5) is 34.1 Å². The Bertz CT molecular complexity index is 3420. The fourth-order valence-electron chi connectivity index (χ4n) is 9.43. The molecule has 0 fully saturated rings. The molecule has 0 aliphatic carbocycles. The summed E-state index contributed by atoms with van der Waals surface area (Å²) < 4.78 is 12.5. The van der Waals surface area contributed by atoms with Crippen molar-refractivity contribution in [3.05, 3.63) is 277 Å². The fourth-order valence-corrected chi connectivity index (χ4v) is 9.43. The normalized spacial score (nSPS) is 11.9. The molecule has 4 heteroatoms. The highest BCUT2D eigenvalue weighted by Crippen LogP contribution is 2.43. The van der Waals surface area contributed by atoms with Crippen LogP contribution in [0.15, 0.2) is 264 Å². The lowest BCUT2D eigenvalue weighted by Gasteiger charge is -2.26. The lowest BCUT2D eigenvalue weighted by atomic mass is 9.85. The monoisotopic (exact) mass is 846 g/mol. The van der Waals surface area contributed by atoms with Crippen molar-refractivity contribution in [3.8, 4) is 0 Å². The Labute approximate surface area is 383 Å². The lowest BCUT2D eigenvalue weighted by Crippen LogP contribution is -2.10. The molecule has 0 saturated heterocycles. The minimum atomic E-state index is 0.875. The Kier molecular flexibility index (Phi) is 9.81. The predicted molar refractivity (Wildman–Crippen MR) is 275 cm³/mol. The molecule has 0 saturated carbocycles. The van der Waals surface area contributed by atoms with Crippen LogP contribution < -0.4 is 9.80 Å². The topological polar surface area (TPSA) is 32.8 Å². The highest BCUT2D eigenvalue weighted by Gasteiger charge is 2.21. The Hall–Kier alpha value is -8.86. The van der Waals surface area contributed by atoms with Crippen molar-refractivity contribution in [2.45, 2.75) is 0 Å². The first-order valence-corrected chi connectivity index (χ1v) is 22.3. The average molecular weight is 847 g/mol. The van der Waals surface area contributed by atoms with E-state index in [2.05, 4.69) is 240 Å². The van der Waals surface area contributed by atoms with Crippen LogP contribution in [0.2, 0.25) is 0 Å². The van der Waals surface area contributed by atoms with Crippen molar-refractivity contribution in [2.24, 2.45) is 0 Å². The Morgan fingerprint density at radius 3 is 0.909 bits per heavy atom. The Balaban J connectivity index is 0.993. The van der Waals surface area contributed by atoms with Gasteiger partial charge in [0, 0.05) is 55.7 Å². The van der Waals surface area contributed by atoms with Crippen molar-refractivity contribution in [3.63, 3.8) is 0 Å². The van der Waals surface area contributed by atoms with E-state index in [1.165, 1.54) is 0 Å². The molecule has 2 aromatic heterocycles. The summed E-state index contributed by atoms with van der Waals surface area (Å²) in [6.07, 6.45) is 0. The van der Waals surface area contributed by atoms with Crippen LogP contribution in [0.1, 0.15) is 22.3 Å². The molecule has 0 radical (unpaired) electrons. The second kappa shape index (κ2) is 16.7. The van der Waals surface area contributed by atoms with Crippen LogP contribution in [0, 0.1) is 0 Å². The smallest absolute Gasteiger partial charge is 0.135 e. The molecule has 4 nitrogen and oxygen atoms in total. The van der Waals surface area contributed by atoms with Gasteiger partial charge in [-0.1, -0.05) is 158 Å².